The Labute approximate surface area is 170 Å². The summed E-state index contributed by atoms with van der Waals surface area (Å²) in [5, 5.41) is 0.0335. The van der Waals surface area contributed by atoms with Gasteiger partial charge in [0.15, 0.2) is 0 Å². The van der Waals surface area contributed by atoms with Gasteiger partial charge in [-0.2, -0.15) is 0 Å². The third kappa shape index (κ3) is 3.67. The molecule has 6 nitrogen and oxygen atoms in total. The minimum Gasteiger partial charge on any atom is -0.308 e. The molecule has 2 aromatic carbocycles. The molecule has 0 unspecified atom stereocenters. The number of benzene rings is 2. The summed E-state index contributed by atoms with van der Waals surface area (Å²) in [4.78, 5) is 19.6. The first-order valence-electron chi connectivity index (χ1n) is 8.91. The van der Waals surface area contributed by atoms with Crippen LogP contribution in [0.1, 0.15) is 33.5 Å². The lowest BCUT2D eigenvalue weighted by Gasteiger charge is -2.31. The van der Waals surface area contributed by atoms with Gasteiger partial charge in [0.2, 0.25) is 0 Å². The second kappa shape index (κ2) is 7.83. The van der Waals surface area contributed by atoms with Crippen LogP contribution in [-0.4, -0.2) is 39.5 Å². The summed E-state index contributed by atoms with van der Waals surface area (Å²) in [7, 11) is -1.46. The quantitative estimate of drug-likeness (QED) is 0.704. The third-order valence-corrected chi connectivity index (χ3v) is 7.15. The summed E-state index contributed by atoms with van der Waals surface area (Å²) in [6.07, 6.45) is 1.78. The van der Waals surface area contributed by atoms with E-state index >= 15 is 0 Å². The Bertz CT molecular complexity index is 1040. The van der Waals surface area contributed by atoms with Gasteiger partial charge in [0.05, 0.1) is 12.1 Å². The Morgan fingerprint density at radius 1 is 1.21 bits per heavy atom. The zero-order valence-electron chi connectivity index (χ0n) is 16.3. The number of hydrogen-bond donors (Lipinski definition) is 0. The third-order valence-electron chi connectivity index (χ3n) is 4.99. The van der Waals surface area contributed by atoms with Gasteiger partial charge in [-0.1, -0.05) is 22.1 Å². The van der Waals surface area contributed by atoms with E-state index in [9.17, 15) is 13.2 Å². The molecule has 0 aromatic heterocycles. The number of hydroxylamine groups is 1. The van der Waals surface area contributed by atoms with Crippen molar-refractivity contribution in [1.82, 2.24) is 4.47 Å². The monoisotopic (exact) mass is 422 g/mol. The van der Waals surface area contributed by atoms with E-state index in [0.29, 0.717) is 11.0 Å². The van der Waals surface area contributed by atoms with E-state index in [-0.39, 0.29) is 21.4 Å². The number of carbonyl (C=O) groups excluding carboxylic acids is 1. The van der Waals surface area contributed by atoms with E-state index in [2.05, 4.69) is 6.07 Å². The van der Waals surface area contributed by atoms with E-state index in [1.165, 1.54) is 26.3 Å². The zero-order valence-corrected chi connectivity index (χ0v) is 17.9. The van der Waals surface area contributed by atoms with Gasteiger partial charge in [0, 0.05) is 24.8 Å². The molecule has 150 valence electrons. The topological polar surface area (TPSA) is 66.9 Å². The summed E-state index contributed by atoms with van der Waals surface area (Å²) in [6.45, 7) is 4.63. The van der Waals surface area contributed by atoms with Gasteiger partial charge in [0.25, 0.3) is 15.9 Å². The molecule has 1 aliphatic rings. The highest BCUT2D eigenvalue weighted by Crippen LogP contribution is 2.33. The van der Waals surface area contributed by atoms with E-state index in [0.717, 1.165) is 35.2 Å². The largest absolute Gasteiger partial charge is 0.308 e. The van der Waals surface area contributed by atoms with E-state index in [4.69, 9.17) is 16.4 Å². The minimum absolute atomic E-state index is 0.0335. The van der Waals surface area contributed by atoms with Crippen molar-refractivity contribution >= 4 is 33.2 Å². The Hall–Kier alpha value is -1.93. The number of hydrogen-bond acceptors (Lipinski definition) is 4. The lowest BCUT2D eigenvalue weighted by Crippen LogP contribution is -2.36. The molecular weight excluding hydrogens is 400 g/mol. The van der Waals surface area contributed by atoms with E-state index in [1.54, 1.807) is 11.0 Å². The van der Waals surface area contributed by atoms with Crippen LogP contribution in [0.3, 0.4) is 0 Å². The average molecular weight is 423 g/mol. The Balaban J connectivity index is 2.05. The van der Waals surface area contributed by atoms with Gasteiger partial charge < -0.3 is 4.90 Å². The normalized spacial score (nSPS) is 14.3. The van der Waals surface area contributed by atoms with Crippen LogP contribution >= 0.6 is 11.6 Å². The van der Waals surface area contributed by atoms with Crippen LogP contribution in [0.25, 0.3) is 0 Å². The molecule has 3 rings (SSSR count). The number of rotatable bonds is 4. The first-order chi connectivity index (χ1) is 13.2. The zero-order chi connectivity index (χ0) is 20.6. The Morgan fingerprint density at radius 3 is 2.61 bits per heavy atom. The van der Waals surface area contributed by atoms with Crippen LogP contribution in [-0.2, 0) is 21.3 Å². The van der Waals surface area contributed by atoms with Crippen LogP contribution in [0, 0.1) is 13.8 Å². The van der Waals surface area contributed by atoms with E-state index in [1.807, 2.05) is 19.9 Å². The number of amides is 1. The highest BCUT2D eigenvalue weighted by Gasteiger charge is 2.28. The fourth-order valence-electron chi connectivity index (χ4n) is 3.51. The molecule has 0 atom stereocenters. The first kappa shape index (κ1) is 20.8. The number of nitrogens with zero attached hydrogens (tertiary/aromatic N) is 2. The Morgan fingerprint density at radius 2 is 1.93 bits per heavy atom. The maximum atomic E-state index is 13.3. The minimum atomic E-state index is -3.97. The number of sulfonamides is 1. The average Bonchev–Trinajstić information content (AvgIpc) is 2.66. The van der Waals surface area contributed by atoms with Crippen LogP contribution in [0.4, 0.5) is 5.69 Å². The molecule has 0 saturated carbocycles. The van der Waals surface area contributed by atoms with Crippen molar-refractivity contribution in [2.24, 2.45) is 0 Å². The molecule has 2 aromatic rings. The number of halogens is 1. The van der Waals surface area contributed by atoms with E-state index < -0.39 is 10.0 Å². The van der Waals surface area contributed by atoms with Crippen LogP contribution in [0.5, 0.6) is 0 Å². The van der Waals surface area contributed by atoms with Crippen molar-refractivity contribution in [2.45, 2.75) is 31.6 Å². The second-order valence-corrected chi connectivity index (χ2v) is 9.19. The summed E-state index contributed by atoms with van der Waals surface area (Å²) in [5.74, 6) is -0.251. The summed E-state index contributed by atoms with van der Waals surface area (Å²) in [6, 6.07) is 8.41. The van der Waals surface area contributed by atoms with Crippen molar-refractivity contribution in [2.75, 3.05) is 25.6 Å². The molecular formula is C20H23ClN2O4S. The second-order valence-electron chi connectivity index (χ2n) is 6.88. The summed E-state index contributed by atoms with van der Waals surface area (Å²) < 4.78 is 25.9. The number of carbonyl (C=O) groups is 1. The van der Waals surface area contributed by atoms with Crippen molar-refractivity contribution in [3.8, 4) is 0 Å². The maximum Gasteiger partial charge on any atom is 0.266 e. The van der Waals surface area contributed by atoms with Gasteiger partial charge >= 0.3 is 0 Å². The molecule has 0 fully saturated rings. The fourth-order valence-corrected chi connectivity index (χ4v) is 4.99. The van der Waals surface area contributed by atoms with Gasteiger partial charge in [-0.3, -0.25) is 9.63 Å². The molecule has 0 saturated heterocycles. The van der Waals surface area contributed by atoms with Crippen molar-refractivity contribution < 1.29 is 18.0 Å². The number of anilines is 1. The van der Waals surface area contributed by atoms with Gasteiger partial charge in [0.1, 0.15) is 4.90 Å². The Kier molecular flexibility index (Phi) is 5.82. The van der Waals surface area contributed by atoms with Crippen molar-refractivity contribution in [3.63, 3.8) is 0 Å². The van der Waals surface area contributed by atoms with Crippen LogP contribution < -0.4 is 4.90 Å². The lowest BCUT2D eigenvalue weighted by atomic mass is 9.94. The predicted octanol–water partition coefficient (Wildman–Crippen LogP) is 3.73. The molecule has 1 amide bonds. The number of aryl methyl sites for hydroxylation is 2. The first-order valence-corrected chi connectivity index (χ1v) is 10.7. The molecule has 1 heterocycles. The standard InChI is InChI=1S/C20H23ClN2O4S/c1-13-10-14(2)16-6-5-9-23(18(16)11-13)20(24)15-7-8-17(21)19(12-15)28(25,26)22(3)27-4/h7-8,10-12H,5-6,9H2,1-4H3. The predicted molar refractivity (Wildman–Crippen MR) is 109 cm³/mol. The molecule has 0 spiro atoms. The summed E-state index contributed by atoms with van der Waals surface area (Å²) in [5.41, 5.74) is 4.55. The van der Waals surface area contributed by atoms with Gasteiger partial charge in [-0.05, 0) is 67.6 Å². The van der Waals surface area contributed by atoms with Crippen LogP contribution in [0.15, 0.2) is 35.2 Å². The molecule has 28 heavy (non-hydrogen) atoms. The summed E-state index contributed by atoms with van der Waals surface area (Å²) >= 11 is 6.11. The molecule has 8 heteroatoms. The molecule has 0 radical (unpaired) electrons. The smallest absolute Gasteiger partial charge is 0.266 e. The lowest BCUT2D eigenvalue weighted by molar-refractivity contribution is -0.0258. The van der Waals surface area contributed by atoms with Crippen molar-refractivity contribution in [3.05, 3.63) is 57.6 Å². The molecule has 0 aliphatic carbocycles. The molecule has 0 bridgehead atoms. The SMILES string of the molecule is CON(C)S(=O)(=O)c1cc(C(=O)N2CCCc3c(C)cc(C)cc32)ccc1Cl. The molecule has 1 aliphatic heterocycles. The van der Waals surface area contributed by atoms with Gasteiger partial charge in [-0.15, -0.1) is 0 Å². The van der Waals surface area contributed by atoms with Crippen LogP contribution in [0.2, 0.25) is 5.02 Å². The highest BCUT2D eigenvalue weighted by atomic mass is 35.5. The van der Waals surface area contributed by atoms with Crippen molar-refractivity contribution in [1.29, 1.82) is 0 Å². The molecule has 0 N–H and O–H groups in total. The highest BCUT2D eigenvalue weighted by molar-refractivity contribution is 7.89. The van der Waals surface area contributed by atoms with Gasteiger partial charge in [-0.25, -0.2) is 8.42 Å². The fraction of sp³-hybridized carbons (Fsp3) is 0.350. The number of fused-ring (bicyclic) bond motifs is 1. The maximum absolute atomic E-state index is 13.3.